The Morgan fingerprint density at radius 3 is 2.78 bits per heavy atom. The van der Waals surface area contributed by atoms with Gasteiger partial charge in [-0.05, 0) is 19.4 Å². The molecule has 0 saturated carbocycles. The van der Waals surface area contributed by atoms with Crippen LogP contribution in [-0.4, -0.2) is 29.6 Å². The highest BCUT2D eigenvalue weighted by Gasteiger charge is 2.14. The van der Waals surface area contributed by atoms with Crippen LogP contribution in [0.2, 0.25) is 0 Å². The van der Waals surface area contributed by atoms with Gasteiger partial charge >= 0.3 is 5.97 Å². The average Bonchev–Trinajstić information content (AvgIpc) is 2.74. The minimum atomic E-state index is -0.541. The van der Waals surface area contributed by atoms with Crippen molar-refractivity contribution in [2.45, 2.75) is 26.8 Å². The van der Waals surface area contributed by atoms with Gasteiger partial charge in [-0.1, -0.05) is 6.92 Å². The van der Waals surface area contributed by atoms with Crippen LogP contribution in [0.5, 0.6) is 0 Å². The molecule has 0 spiro atoms. The molecule has 0 bridgehead atoms. The standard InChI is InChI=1S/C12H19N3O3/c1-3-5-14-11(16)8-18-12(17)10-6-9(13)7-15(10)4-2/h6-7H,3-5,8,13H2,1-2H3,(H,14,16). The lowest BCUT2D eigenvalue weighted by atomic mass is 10.4. The van der Waals surface area contributed by atoms with E-state index in [9.17, 15) is 9.59 Å². The first-order valence-corrected chi connectivity index (χ1v) is 5.98. The predicted octanol–water partition coefficient (Wildman–Crippen LogP) is 0.773. The number of hydrogen-bond acceptors (Lipinski definition) is 4. The lowest BCUT2D eigenvalue weighted by Crippen LogP contribution is -2.29. The molecule has 0 saturated heterocycles. The van der Waals surface area contributed by atoms with Gasteiger partial charge in [0.2, 0.25) is 0 Å². The molecule has 0 aliphatic rings. The van der Waals surface area contributed by atoms with E-state index in [0.29, 0.717) is 24.5 Å². The monoisotopic (exact) mass is 253 g/mol. The van der Waals surface area contributed by atoms with Crippen LogP contribution in [0.1, 0.15) is 30.8 Å². The number of aryl methyl sites for hydroxylation is 1. The first kappa shape index (κ1) is 14.1. The molecule has 0 aliphatic carbocycles. The van der Waals surface area contributed by atoms with E-state index >= 15 is 0 Å². The molecule has 6 heteroatoms. The number of aromatic nitrogens is 1. The van der Waals surface area contributed by atoms with Crippen molar-refractivity contribution < 1.29 is 14.3 Å². The van der Waals surface area contributed by atoms with Gasteiger partial charge in [0, 0.05) is 19.3 Å². The zero-order valence-corrected chi connectivity index (χ0v) is 10.7. The normalized spacial score (nSPS) is 10.1. The molecule has 0 atom stereocenters. The van der Waals surface area contributed by atoms with Crippen LogP contribution in [0, 0.1) is 0 Å². The van der Waals surface area contributed by atoms with Gasteiger partial charge in [0.1, 0.15) is 5.69 Å². The SMILES string of the molecule is CCCNC(=O)COC(=O)c1cc(N)cn1CC. The molecule has 0 unspecified atom stereocenters. The fourth-order valence-electron chi connectivity index (χ4n) is 1.49. The van der Waals surface area contributed by atoms with Crippen LogP contribution in [0.4, 0.5) is 5.69 Å². The molecule has 0 radical (unpaired) electrons. The summed E-state index contributed by atoms with van der Waals surface area (Å²) in [6.07, 6.45) is 2.50. The van der Waals surface area contributed by atoms with Crippen LogP contribution in [-0.2, 0) is 16.1 Å². The second kappa shape index (κ2) is 6.68. The summed E-state index contributed by atoms with van der Waals surface area (Å²) in [6.45, 7) is 4.76. The van der Waals surface area contributed by atoms with Crippen molar-refractivity contribution in [1.29, 1.82) is 0 Å². The number of nitrogens with two attached hydrogens (primary N) is 1. The Morgan fingerprint density at radius 1 is 1.44 bits per heavy atom. The molecule has 0 aliphatic heterocycles. The van der Waals surface area contributed by atoms with E-state index in [0.717, 1.165) is 6.42 Å². The maximum absolute atomic E-state index is 11.7. The second-order valence-corrected chi connectivity index (χ2v) is 3.87. The molecule has 3 N–H and O–H groups in total. The van der Waals surface area contributed by atoms with Gasteiger partial charge < -0.3 is 20.4 Å². The van der Waals surface area contributed by atoms with E-state index in [4.69, 9.17) is 10.5 Å². The number of nitrogens with zero attached hydrogens (tertiary/aromatic N) is 1. The van der Waals surface area contributed by atoms with Crippen molar-refractivity contribution >= 4 is 17.6 Å². The lowest BCUT2D eigenvalue weighted by Gasteiger charge is -2.07. The Hall–Kier alpha value is -1.98. The number of carbonyl (C=O) groups is 2. The molecule has 0 aromatic carbocycles. The highest BCUT2D eigenvalue weighted by atomic mass is 16.5. The number of ether oxygens (including phenoxy) is 1. The van der Waals surface area contributed by atoms with Gasteiger partial charge in [0.05, 0.1) is 5.69 Å². The van der Waals surface area contributed by atoms with Gasteiger partial charge in [-0.25, -0.2) is 4.79 Å². The van der Waals surface area contributed by atoms with Gasteiger partial charge in [-0.2, -0.15) is 0 Å². The first-order chi connectivity index (χ1) is 8.58. The zero-order valence-electron chi connectivity index (χ0n) is 10.7. The van der Waals surface area contributed by atoms with E-state index in [1.807, 2.05) is 13.8 Å². The molecule has 1 heterocycles. The number of amides is 1. The number of esters is 1. The fourth-order valence-corrected chi connectivity index (χ4v) is 1.49. The van der Waals surface area contributed by atoms with E-state index in [2.05, 4.69) is 5.32 Å². The molecule has 100 valence electrons. The predicted molar refractivity (Wildman–Crippen MR) is 68.1 cm³/mol. The number of anilines is 1. The average molecular weight is 253 g/mol. The summed E-state index contributed by atoms with van der Waals surface area (Å²) in [7, 11) is 0. The third kappa shape index (κ3) is 3.80. The number of carbonyl (C=O) groups excluding carboxylic acids is 2. The highest BCUT2D eigenvalue weighted by molar-refractivity contribution is 5.91. The van der Waals surface area contributed by atoms with Gasteiger partial charge in [0.25, 0.3) is 5.91 Å². The third-order valence-electron chi connectivity index (χ3n) is 2.37. The fraction of sp³-hybridized carbons (Fsp3) is 0.500. The van der Waals surface area contributed by atoms with Crippen LogP contribution in [0.15, 0.2) is 12.3 Å². The molecule has 1 aromatic rings. The number of nitrogen functional groups attached to an aromatic ring is 1. The van der Waals surface area contributed by atoms with Crippen molar-refractivity contribution in [3.63, 3.8) is 0 Å². The smallest absolute Gasteiger partial charge is 0.355 e. The molecule has 1 amide bonds. The van der Waals surface area contributed by atoms with Crippen molar-refractivity contribution in [3.8, 4) is 0 Å². The van der Waals surface area contributed by atoms with Crippen molar-refractivity contribution in [3.05, 3.63) is 18.0 Å². The Morgan fingerprint density at radius 2 is 2.17 bits per heavy atom. The van der Waals surface area contributed by atoms with Gasteiger partial charge in [-0.15, -0.1) is 0 Å². The summed E-state index contributed by atoms with van der Waals surface area (Å²) in [4.78, 5) is 23.0. The Bertz CT molecular complexity index is 426. The third-order valence-corrected chi connectivity index (χ3v) is 2.37. The number of nitrogens with one attached hydrogen (secondary N) is 1. The van der Waals surface area contributed by atoms with E-state index in [-0.39, 0.29) is 12.5 Å². The molecule has 1 rings (SSSR count). The summed E-state index contributed by atoms with van der Waals surface area (Å²) in [6, 6.07) is 1.54. The van der Waals surface area contributed by atoms with Crippen molar-refractivity contribution in [2.24, 2.45) is 0 Å². The van der Waals surface area contributed by atoms with Crippen molar-refractivity contribution in [1.82, 2.24) is 9.88 Å². The first-order valence-electron chi connectivity index (χ1n) is 5.98. The van der Waals surface area contributed by atoms with Gasteiger partial charge in [-0.3, -0.25) is 4.79 Å². The van der Waals surface area contributed by atoms with E-state index < -0.39 is 5.97 Å². The maximum Gasteiger partial charge on any atom is 0.355 e. The summed E-state index contributed by atoms with van der Waals surface area (Å²) in [5, 5.41) is 2.63. The van der Waals surface area contributed by atoms with Crippen LogP contribution in [0.25, 0.3) is 0 Å². The Balaban J connectivity index is 2.52. The summed E-state index contributed by atoms with van der Waals surface area (Å²) < 4.78 is 6.60. The summed E-state index contributed by atoms with van der Waals surface area (Å²) in [5.74, 6) is -0.840. The minimum absolute atomic E-state index is 0.270. The Labute approximate surface area is 106 Å². The largest absolute Gasteiger partial charge is 0.451 e. The maximum atomic E-state index is 11.7. The quantitative estimate of drug-likeness (QED) is 0.733. The topological polar surface area (TPSA) is 86.3 Å². The molecule has 18 heavy (non-hydrogen) atoms. The highest BCUT2D eigenvalue weighted by Crippen LogP contribution is 2.11. The second-order valence-electron chi connectivity index (χ2n) is 3.87. The van der Waals surface area contributed by atoms with E-state index in [1.165, 1.54) is 6.07 Å². The Kier molecular flexibility index (Phi) is 5.23. The van der Waals surface area contributed by atoms with Crippen LogP contribution in [0.3, 0.4) is 0 Å². The summed E-state index contributed by atoms with van der Waals surface area (Å²) >= 11 is 0. The summed E-state index contributed by atoms with van der Waals surface area (Å²) in [5.41, 5.74) is 6.47. The number of rotatable bonds is 6. The molecule has 6 nitrogen and oxygen atoms in total. The number of hydrogen-bond donors (Lipinski definition) is 2. The van der Waals surface area contributed by atoms with Crippen molar-refractivity contribution in [2.75, 3.05) is 18.9 Å². The van der Waals surface area contributed by atoms with Gasteiger partial charge in [0.15, 0.2) is 6.61 Å². The van der Waals surface area contributed by atoms with E-state index in [1.54, 1.807) is 10.8 Å². The lowest BCUT2D eigenvalue weighted by molar-refractivity contribution is -0.124. The van der Waals surface area contributed by atoms with Crippen LogP contribution < -0.4 is 11.1 Å². The minimum Gasteiger partial charge on any atom is -0.451 e. The molecular formula is C12H19N3O3. The molecule has 1 aromatic heterocycles. The molecule has 0 fully saturated rings. The van der Waals surface area contributed by atoms with Crippen LogP contribution >= 0.6 is 0 Å². The zero-order chi connectivity index (χ0) is 13.5. The molecular weight excluding hydrogens is 234 g/mol.